The normalized spacial score (nSPS) is 11.9. The van der Waals surface area contributed by atoms with E-state index < -0.39 is 0 Å². The zero-order chi connectivity index (χ0) is 33.5. The number of benzene rings is 8. The Balaban J connectivity index is 1.21. The van der Waals surface area contributed by atoms with E-state index in [2.05, 4.69) is 179 Å². The second kappa shape index (κ2) is 10.8. The van der Waals surface area contributed by atoms with Crippen LogP contribution < -0.4 is 0 Å². The molecular weight excluding hydrogens is 621 g/mol. The molecule has 3 nitrogen and oxygen atoms in total. The van der Waals surface area contributed by atoms with Gasteiger partial charge < -0.3 is 13.6 Å². The molecule has 0 unspecified atom stereocenters. The first-order chi connectivity index (χ1) is 25.3. The van der Waals surface area contributed by atoms with Crippen molar-refractivity contribution in [2.24, 2.45) is 0 Å². The molecular formula is C48H30N2O. The lowest BCUT2D eigenvalue weighted by Crippen LogP contribution is -1.96. The van der Waals surface area contributed by atoms with Crippen molar-refractivity contribution in [2.45, 2.75) is 0 Å². The lowest BCUT2D eigenvalue weighted by atomic mass is 9.97. The topological polar surface area (TPSA) is 23.0 Å². The summed E-state index contributed by atoms with van der Waals surface area (Å²) in [5, 5.41) is 7.26. The van der Waals surface area contributed by atoms with Gasteiger partial charge >= 0.3 is 0 Å². The molecule has 11 aromatic rings. The third kappa shape index (κ3) is 4.06. The zero-order valence-electron chi connectivity index (χ0n) is 27.6. The third-order valence-corrected chi connectivity index (χ3v) is 10.5. The molecule has 0 fully saturated rings. The van der Waals surface area contributed by atoms with Crippen LogP contribution in [0.5, 0.6) is 0 Å². The van der Waals surface area contributed by atoms with E-state index in [1.165, 1.54) is 60.3 Å². The largest absolute Gasteiger partial charge is 0.456 e. The summed E-state index contributed by atoms with van der Waals surface area (Å²) >= 11 is 0. The molecule has 0 atom stereocenters. The summed E-state index contributed by atoms with van der Waals surface area (Å²) in [5.41, 5.74) is 13.6. The van der Waals surface area contributed by atoms with Crippen LogP contribution in [-0.2, 0) is 0 Å². The van der Waals surface area contributed by atoms with Gasteiger partial charge in [-0.05, 0) is 71.3 Å². The molecule has 51 heavy (non-hydrogen) atoms. The standard InChI is InChI=1S/C48H30N2O/c1-2-15-32(16-3-1)49-42-26-8-5-19-39(42)46-36(22-12-27-43(46)49)38-24-11-23-37-35-18-4-7-25-41(35)50(48(37)38)33-17-10-14-31(30-33)34-21-13-29-45-47(34)40-20-6-9-28-44(40)51-45/h1-30H. The summed E-state index contributed by atoms with van der Waals surface area (Å²) in [7, 11) is 0. The molecule has 0 saturated carbocycles. The number of fused-ring (bicyclic) bond motifs is 9. The summed E-state index contributed by atoms with van der Waals surface area (Å²) in [5.74, 6) is 0. The number of para-hydroxylation sites is 5. The highest BCUT2D eigenvalue weighted by Gasteiger charge is 2.21. The first-order valence-electron chi connectivity index (χ1n) is 17.4. The first-order valence-corrected chi connectivity index (χ1v) is 17.4. The number of aromatic nitrogens is 2. The molecule has 0 saturated heterocycles. The maximum absolute atomic E-state index is 6.29. The molecule has 0 amide bonds. The van der Waals surface area contributed by atoms with Crippen molar-refractivity contribution in [1.29, 1.82) is 0 Å². The molecule has 8 aromatic carbocycles. The maximum atomic E-state index is 6.29. The summed E-state index contributed by atoms with van der Waals surface area (Å²) < 4.78 is 11.1. The van der Waals surface area contributed by atoms with Gasteiger partial charge in [-0.15, -0.1) is 0 Å². The van der Waals surface area contributed by atoms with Crippen LogP contribution in [0.3, 0.4) is 0 Å². The highest BCUT2D eigenvalue weighted by atomic mass is 16.3. The van der Waals surface area contributed by atoms with Crippen LogP contribution in [0, 0.1) is 0 Å². The van der Waals surface area contributed by atoms with Gasteiger partial charge in [-0.2, -0.15) is 0 Å². The van der Waals surface area contributed by atoms with Crippen LogP contribution in [0.15, 0.2) is 186 Å². The van der Waals surface area contributed by atoms with Gasteiger partial charge in [-0.25, -0.2) is 0 Å². The van der Waals surface area contributed by atoms with Crippen molar-refractivity contribution in [3.63, 3.8) is 0 Å². The van der Waals surface area contributed by atoms with Gasteiger partial charge in [0.25, 0.3) is 0 Å². The van der Waals surface area contributed by atoms with E-state index in [9.17, 15) is 0 Å². The van der Waals surface area contributed by atoms with E-state index in [0.717, 1.165) is 38.9 Å². The van der Waals surface area contributed by atoms with E-state index in [0.29, 0.717) is 0 Å². The molecule has 0 bridgehead atoms. The fraction of sp³-hybridized carbons (Fsp3) is 0. The van der Waals surface area contributed by atoms with E-state index in [1.807, 2.05) is 12.1 Å². The van der Waals surface area contributed by atoms with E-state index in [-0.39, 0.29) is 0 Å². The van der Waals surface area contributed by atoms with Gasteiger partial charge in [-0.3, -0.25) is 0 Å². The van der Waals surface area contributed by atoms with Crippen LogP contribution >= 0.6 is 0 Å². The van der Waals surface area contributed by atoms with Gasteiger partial charge in [0.1, 0.15) is 11.2 Å². The minimum absolute atomic E-state index is 0.904. The number of nitrogens with zero attached hydrogens (tertiary/aromatic N) is 2. The average Bonchev–Trinajstić information content (AvgIpc) is 3.86. The predicted molar refractivity (Wildman–Crippen MR) is 213 cm³/mol. The van der Waals surface area contributed by atoms with E-state index in [4.69, 9.17) is 4.42 Å². The van der Waals surface area contributed by atoms with Gasteiger partial charge in [0.05, 0.1) is 22.1 Å². The van der Waals surface area contributed by atoms with Crippen LogP contribution in [-0.4, -0.2) is 9.13 Å². The molecule has 3 heteroatoms. The van der Waals surface area contributed by atoms with Crippen LogP contribution in [0.1, 0.15) is 0 Å². The molecule has 0 aliphatic rings. The predicted octanol–water partition coefficient (Wildman–Crippen LogP) is 13.1. The Morgan fingerprint density at radius 2 is 0.922 bits per heavy atom. The minimum Gasteiger partial charge on any atom is -0.456 e. The van der Waals surface area contributed by atoms with Gasteiger partial charge in [0.15, 0.2) is 0 Å². The van der Waals surface area contributed by atoms with Crippen molar-refractivity contribution >= 4 is 65.6 Å². The van der Waals surface area contributed by atoms with Crippen molar-refractivity contribution in [1.82, 2.24) is 9.13 Å². The second-order valence-corrected chi connectivity index (χ2v) is 13.3. The fourth-order valence-electron chi connectivity index (χ4n) is 8.43. The Morgan fingerprint density at radius 1 is 0.333 bits per heavy atom. The van der Waals surface area contributed by atoms with Crippen molar-refractivity contribution in [3.05, 3.63) is 182 Å². The van der Waals surface area contributed by atoms with E-state index >= 15 is 0 Å². The zero-order valence-corrected chi connectivity index (χ0v) is 27.6. The lowest BCUT2D eigenvalue weighted by Gasteiger charge is -2.14. The summed E-state index contributed by atoms with van der Waals surface area (Å²) in [6.07, 6.45) is 0. The number of furan rings is 1. The summed E-state index contributed by atoms with van der Waals surface area (Å²) in [6, 6.07) is 65.5. The van der Waals surface area contributed by atoms with Gasteiger partial charge in [0.2, 0.25) is 0 Å². The molecule has 0 aliphatic heterocycles. The third-order valence-electron chi connectivity index (χ3n) is 10.5. The monoisotopic (exact) mass is 650 g/mol. The van der Waals surface area contributed by atoms with Crippen molar-refractivity contribution in [3.8, 4) is 33.6 Å². The fourth-order valence-corrected chi connectivity index (χ4v) is 8.43. The van der Waals surface area contributed by atoms with Crippen LogP contribution in [0.25, 0.3) is 99.2 Å². The average molecular weight is 651 g/mol. The molecule has 3 heterocycles. The Labute approximate surface area is 293 Å². The Kier molecular flexibility index (Phi) is 5.96. The lowest BCUT2D eigenvalue weighted by molar-refractivity contribution is 0.669. The summed E-state index contributed by atoms with van der Waals surface area (Å²) in [4.78, 5) is 0. The second-order valence-electron chi connectivity index (χ2n) is 13.3. The van der Waals surface area contributed by atoms with Crippen LogP contribution in [0.4, 0.5) is 0 Å². The van der Waals surface area contributed by atoms with Crippen molar-refractivity contribution in [2.75, 3.05) is 0 Å². The molecule has 0 aliphatic carbocycles. The molecule has 3 aromatic heterocycles. The molecule has 0 spiro atoms. The van der Waals surface area contributed by atoms with Gasteiger partial charge in [-0.1, -0.05) is 127 Å². The van der Waals surface area contributed by atoms with Crippen LogP contribution in [0.2, 0.25) is 0 Å². The minimum atomic E-state index is 0.904. The Bertz CT molecular complexity index is 3140. The smallest absolute Gasteiger partial charge is 0.136 e. The molecule has 0 N–H and O–H groups in total. The van der Waals surface area contributed by atoms with E-state index in [1.54, 1.807) is 0 Å². The number of hydrogen-bond donors (Lipinski definition) is 0. The quantitative estimate of drug-likeness (QED) is 0.186. The molecule has 0 radical (unpaired) electrons. The SMILES string of the molecule is c1ccc(-n2c3ccccc3c3c(-c4cccc5c6ccccc6n(-c6cccc(-c7cccc8oc9ccccc9c78)c6)c45)cccc32)cc1. The number of rotatable bonds is 4. The summed E-state index contributed by atoms with van der Waals surface area (Å²) in [6.45, 7) is 0. The van der Waals surface area contributed by atoms with Gasteiger partial charge in [0, 0.05) is 49.3 Å². The first kappa shape index (κ1) is 28.0. The maximum Gasteiger partial charge on any atom is 0.136 e. The molecule has 11 rings (SSSR count). The Hall–Kier alpha value is -6.84. The highest BCUT2D eigenvalue weighted by Crippen LogP contribution is 2.44. The number of hydrogen-bond acceptors (Lipinski definition) is 1. The highest BCUT2D eigenvalue weighted by molar-refractivity contribution is 6.21. The van der Waals surface area contributed by atoms with Crippen molar-refractivity contribution < 1.29 is 4.42 Å². The molecule has 238 valence electrons. The Morgan fingerprint density at radius 3 is 1.80 bits per heavy atom.